The van der Waals surface area contributed by atoms with Crippen LogP contribution in [0.1, 0.15) is 10.4 Å². The summed E-state index contributed by atoms with van der Waals surface area (Å²) in [4.78, 5) is 24.1. The lowest BCUT2D eigenvalue weighted by Gasteiger charge is -2.22. The molecule has 1 amide bonds. The number of sulfonamides is 1. The molecule has 26 heavy (non-hydrogen) atoms. The van der Waals surface area contributed by atoms with Gasteiger partial charge >= 0.3 is 5.97 Å². The summed E-state index contributed by atoms with van der Waals surface area (Å²) in [6.45, 7) is -0.462. The van der Waals surface area contributed by atoms with Gasteiger partial charge in [-0.15, -0.1) is 0 Å². The third-order valence-electron chi connectivity index (χ3n) is 3.41. The largest absolute Gasteiger partial charge is 0.465 e. The molecule has 0 atom stereocenters. The maximum absolute atomic E-state index is 12.4. The first-order valence-corrected chi connectivity index (χ1v) is 9.65. The number of anilines is 2. The van der Waals surface area contributed by atoms with Crippen LogP contribution in [-0.4, -0.2) is 40.2 Å². The number of halogens is 1. The zero-order chi connectivity index (χ0) is 19.3. The second-order valence-corrected chi connectivity index (χ2v) is 7.67. The van der Waals surface area contributed by atoms with Crippen molar-refractivity contribution in [1.29, 1.82) is 0 Å². The number of ether oxygens (including phenoxy) is 1. The molecule has 2 aromatic rings. The molecule has 0 unspecified atom stereocenters. The number of carbonyl (C=O) groups excluding carboxylic acids is 2. The SMILES string of the molecule is COC(=O)c1ccccc1NC(=O)CN(c1ccc(Cl)cc1)S(C)(=O)=O. The molecule has 138 valence electrons. The number of esters is 1. The van der Waals surface area contributed by atoms with E-state index in [1.54, 1.807) is 12.1 Å². The molecule has 0 aliphatic rings. The second kappa shape index (κ2) is 8.20. The maximum Gasteiger partial charge on any atom is 0.339 e. The van der Waals surface area contributed by atoms with Crippen LogP contribution < -0.4 is 9.62 Å². The molecule has 0 saturated carbocycles. The highest BCUT2D eigenvalue weighted by atomic mass is 35.5. The van der Waals surface area contributed by atoms with E-state index >= 15 is 0 Å². The van der Waals surface area contributed by atoms with Gasteiger partial charge in [0.05, 0.1) is 30.3 Å². The first kappa shape index (κ1) is 19.7. The molecule has 0 aliphatic heterocycles. The highest BCUT2D eigenvalue weighted by molar-refractivity contribution is 7.92. The molecule has 7 nitrogen and oxygen atoms in total. The Morgan fingerprint density at radius 1 is 1.12 bits per heavy atom. The summed E-state index contributed by atoms with van der Waals surface area (Å²) in [7, 11) is -2.48. The summed E-state index contributed by atoms with van der Waals surface area (Å²) in [5.74, 6) is -1.22. The Morgan fingerprint density at radius 2 is 1.73 bits per heavy atom. The van der Waals surface area contributed by atoms with Gasteiger partial charge in [-0.2, -0.15) is 0 Å². The summed E-state index contributed by atoms with van der Waals surface area (Å²) >= 11 is 5.81. The molecule has 9 heteroatoms. The first-order chi connectivity index (χ1) is 12.2. The summed E-state index contributed by atoms with van der Waals surface area (Å²) in [6.07, 6.45) is 0.997. The van der Waals surface area contributed by atoms with Crippen LogP contribution in [0, 0.1) is 0 Å². The summed E-state index contributed by atoms with van der Waals surface area (Å²) in [6, 6.07) is 12.3. The number of benzene rings is 2. The zero-order valence-electron chi connectivity index (χ0n) is 14.1. The van der Waals surface area contributed by atoms with E-state index in [1.165, 1.54) is 43.5 Å². The number of nitrogens with zero attached hydrogens (tertiary/aromatic N) is 1. The second-order valence-electron chi connectivity index (χ2n) is 5.33. The van der Waals surface area contributed by atoms with Crippen molar-refractivity contribution in [2.75, 3.05) is 29.5 Å². The van der Waals surface area contributed by atoms with Gasteiger partial charge in [-0.05, 0) is 36.4 Å². The number of methoxy groups -OCH3 is 1. The Balaban J connectivity index is 2.24. The van der Waals surface area contributed by atoms with Gasteiger partial charge in [0, 0.05) is 5.02 Å². The van der Waals surface area contributed by atoms with Gasteiger partial charge in [0.2, 0.25) is 15.9 Å². The minimum absolute atomic E-state index is 0.167. The van der Waals surface area contributed by atoms with Crippen molar-refractivity contribution in [2.24, 2.45) is 0 Å². The van der Waals surface area contributed by atoms with Crippen molar-refractivity contribution < 1.29 is 22.7 Å². The van der Waals surface area contributed by atoms with Crippen LogP contribution in [0.25, 0.3) is 0 Å². The zero-order valence-corrected chi connectivity index (χ0v) is 15.7. The molecule has 1 N–H and O–H groups in total. The first-order valence-electron chi connectivity index (χ1n) is 7.43. The Bertz CT molecular complexity index is 913. The average Bonchev–Trinajstić information content (AvgIpc) is 2.59. The third-order valence-corrected chi connectivity index (χ3v) is 4.80. The van der Waals surface area contributed by atoms with E-state index in [0.29, 0.717) is 10.7 Å². The number of amides is 1. The van der Waals surface area contributed by atoms with Crippen LogP contribution in [0.2, 0.25) is 5.02 Å². The van der Waals surface area contributed by atoms with Gasteiger partial charge in [0.15, 0.2) is 0 Å². The predicted octanol–water partition coefficient (Wildman–Crippen LogP) is 2.53. The molecule has 0 heterocycles. The fraction of sp³-hybridized carbons (Fsp3) is 0.176. The number of nitrogens with one attached hydrogen (secondary N) is 1. The van der Waals surface area contributed by atoms with Gasteiger partial charge in [0.25, 0.3) is 0 Å². The van der Waals surface area contributed by atoms with Crippen molar-refractivity contribution in [3.63, 3.8) is 0 Å². The van der Waals surface area contributed by atoms with Crippen molar-refractivity contribution in [2.45, 2.75) is 0 Å². The van der Waals surface area contributed by atoms with Crippen LogP contribution in [0.15, 0.2) is 48.5 Å². The lowest BCUT2D eigenvalue weighted by molar-refractivity contribution is -0.114. The van der Waals surface area contributed by atoms with Gasteiger partial charge < -0.3 is 10.1 Å². The van der Waals surface area contributed by atoms with Crippen LogP contribution >= 0.6 is 11.6 Å². The Morgan fingerprint density at radius 3 is 2.31 bits per heavy atom. The number of carbonyl (C=O) groups is 2. The van der Waals surface area contributed by atoms with Gasteiger partial charge in [0.1, 0.15) is 6.54 Å². The smallest absolute Gasteiger partial charge is 0.339 e. The highest BCUT2D eigenvalue weighted by Crippen LogP contribution is 2.21. The van der Waals surface area contributed by atoms with E-state index in [0.717, 1.165) is 10.6 Å². The molecule has 0 bridgehead atoms. The van der Waals surface area contributed by atoms with Crippen molar-refractivity contribution in [1.82, 2.24) is 0 Å². The number of para-hydroxylation sites is 1. The molecule has 0 fully saturated rings. The fourth-order valence-corrected chi connectivity index (χ4v) is 3.19. The van der Waals surface area contributed by atoms with E-state index < -0.39 is 28.4 Å². The predicted molar refractivity (Wildman–Crippen MR) is 100 cm³/mol. The van der Waals surface area contributed by atoms with Crippen LogP contribution in [-0.2, 0) is 19.6 Å². The van der Waals surface area contributed by atoms with Gasteiger partial charge in [-0.3, -0.25) is 9.10 Å². The van der Waals surface area contributed by atoms with Gasteiger partial charge in [-0.25, -0.2) is 13.2 Å². The van der Waals surface area contributed by atoms with E-state index in [2.05, 4.69) is 10.1 Å². The van der Waals surface area contributed by atoms with Crippen LogP contribution in [0.5, 0.6) is 0 Å². The molecule has 0 saturated heterocycles. The number of hydrogen-bond acceptors (Lipinski definition) is 5. The topological polar surface area (TPSA) is 92.8 Å². The van der Waals surface area contributed by atoms with Crippen molar-refractivity contribution >= 4 is 44.9 Å². The average molecular weight is 397 g/mol. The molecular weight excluding hydrogens is 380 g/mol. The molecule has 0 aliphatic carbocycles. The van der Waals surface area contributed by atoms with Crippen molar-refractivity contribution in [3.8, 4) is 0 Å². The Kier molecular flexibility index (Phi) is 6.23. The number of hydrogen-bond donors (Lipinski definition) is 1. The van der Waals surface area contributed by atoms with Crippen molar-refractivity contribution in [3.05, 3.63) is 59.1 Å². The lowest BCUT2D eigenvalue weighted by atomic mass is 10.2. The highest BCUT2D eigenvalue weighted by Gasteiger charge is 2.22. The van der Waals surface area contributed by atoms with E-state index in [4.69, 9.17) is 11.6 Å². The number of rotatable bonds is 6. The summed E-state index contributed by atoms with van der Waals surface area (Å²) in [5, 5.41) is 2.98. The fourth-order valence-electron chi connectivity index (χ4n) is 2.21. The third kappa shape index (κ3) is 4.96. The Hall–Kier alpha value is -2.58. The molecule has 0 radical (unpaired) electrons. The monoisotopic (exact) mass is 396 g/mol. The summed E-state index contributed by atoms with van der Waals surface area (Å²) in [5.41, 5.74) is 0.697. The molecule has 2 rings (SSSR count). The maximum atomic E-state index is 12.4. The van der Waals surface area contributed by atoms with E-state index in [1.807, 2.05) is 0 Å². The summed E-state index contributed by atoms with van der Waals surface area (Å²) < 4.78 is 29.7. The molecular formula is C17H17ClN2O5S. The minimum atomic E-state index is -3.71. The van der Waals surface area contributed by atoms with E-state index in [-0.39, 0.29) is 11.3 Å². The quantitative estimate of drug-likeness (QED) is 0.757. The van der Waals surface area contributed by atoms with Gasteiger partial charge in [-0.1, -0.05) is 23.7 Å². The molecule has 2 aromatic carbocycles. The molecule has 0 aromatic heterocycles. The van der Waals surface area contributed by atoms with Crippen LogP contribution in [0.3, 0.4) is 0 Å². The lowest BCUT2D eigenvalue weighted by Crippen LogP contribution is -2.37. The van der Waals surface area contributed by atoms with Crippen LogP contribution in [0.4, 0.5) is 11.4 Å². The minimum Gasteiger partial charge on any atom is -0.465 e. The van der Waals surface area contributed by atoms with E-state index in [9.17, 15) is 18.0 Å². The Labute approximate surface area is 156 Å². The normalized spacial score (nSPS) is 10.9. The standard InChI is InChI=1S/C17H17ClN2O5S/c1-25-17(22)14-5-3-4-6-15(14)19-16(21)11-20(26(2,23)24)13-9-7-12(18)8-10-13/h3-10H,11H2,1-2H3,(H,19,21). The molecule has 0 spiro atoms.